The maximum absolute atomic E-state index is 12.5. The first kappa shape index (κ1) is 21.1. The third-order valence-corrected chi connectivity index (χ3v) is 6.74. The van der Waals surface area contributed by atoms with Crippen molar-refractivity contribution >= 4 is 50.8 Å². The highest BCUT2D eigenvalue weighted by molar-refractivity contribution is 7.99. The number of carbonyl (C=O) groups excluding carboxylic acids is 1. The Labute approximate surface area is 178 Å². The van der Waals surface area contributed by atoms with Gasteiger partial charge in [-0.2, -0.15) is 4.99 Å². The molecule has 3 aromatic rings. The van der Waals surface area contributed by atoms with Crippen molar-refractivity contribution in [3.05, 3.63) is 57.3 Å². The van der Waals surface area contributed by atoms with Crippen LogP contribution < -0.4 is 4.80 Å². The van der Waals surface area contributed by atoms with Crippen LogP contribution in [0.4, 0.5) is 0 Å². The molecule has 0 unspecified atom stereocenters. The summed E-state index contributed by atoms with van der Waals surface area (Å²) < 4.78 is 8.47. The fourth-order valence-corrected chi connectivity index (χ4v) is 4.88. The van der Waals surface area contributed by atoms with Crippen LogP contribution in [-0.4, -0.2) is 29.9 Å². The van der Waals surface area contributed by atoms with Gasteiger partial charge < -0.3 is 9.30 Å². The Bertz CT molecular complexity index is 1040. The summed E-state index contributed by atoms with van der Waals surface area (Å²) in [4.78, 5) is 18.7. The molecule has 4 nitrogen and oxygen atoms in total. The number of hydrogen-bond donors (Lipinski definition) is 0. The number of aromatic nitrogens is 1. The predicted molar refractivity (Wildman–Crippen MR) is 119 cm³/mol. The summed E-state index contributed by atoms with van der Waals surface area (Å²) in [6.45, 7) is 5.45. The molecule has 0 bridgehead atoms. The lowest BCUT2D eigenvalue weighted by atomic mass is 10.1. The fraction of sp³-hybridized carbons (Fsp3) is 0.333. The maximum atomic E-state index is 12.5. The van der Waals surface area contributed by atoms with E-state index in [0.717, 1.165) is 19.9 Å². The van der Waals surface area contributed by atoms with Crippen molar-refractivity contribution in [2.75, 3.05) is 19.5 Å². The lowest BCUT2D eigenvalue weighted by molar-refractivity contribution is -0.117. The number of thioether (sulfide) groups is 1. The molecule has 1 amide bonds. The van der Waals surface area contributed by atoms with E-state index >= 15 is 0 Å². The van der Waals surface area contributed by atoms with E-state index in [1.807, 2.05) is 24.3 Å². The normalized spacial score (nSPS) is 12.1. The molecular formula is C21H23ClN2O2S2. The summed E-state index contributed by atoms with van der Waals surface area (Å²) in [6.07, 6.45) is 0.393. The van der Waals surface area contributed by atoms with Gasteiger partial charge in [-0.25, -0.2) is 0 Å². The van der Waals surface area contributed by atoms with E-state index in [1.165, 1.54) is 11.1 Å². The summed E-state index contributed by atoms with van der Waals surface area (Å²) in [5.41, 5.74) is 3.57. The van der Waals surface area contributed by atoms with E-state index in [4.69, 9.17) is 16.3 Å². The summed E-state index contributed by atoms with van der Waals surface area (Å²) in [7, 11) is 1.68. The minimum absolute atomic E-state index is 0.104. The summed E-state index contributed by atoms with van der Waals surface area (Å²) >= 11 is 9.09. The molecule has 0 atom stereocenters. The van der Waals surface area contributed by atoms with Gasteiger partial charge in [-0.05, 0) is 61.4 Å². The topological polar surface area (TPSA) is 43.6 Å². The van der Waals surface area contributed by atoms with Gasteiger partial charge >= 0.3 is 0 Å². The third kappa shape index (κ3) is 5.26. The van der Waals surface area contributed by atoms with Crippen LogP contribution in [0.25, 0.3) is 10.2 Å². The lowest BCUT2D eigenvalue weighted by Crippen LogP contribution is -2.19. The molecule has 0 fully saturated rings. The van der Waals surface area contributed by atoms with E-state index in [1.54, 1.807) is 30.2 Å². The summed E-state index contributed by atoms with van der Waals surface area (Å²) in [6, 6.07) is 12.0. The predicted octanol–water partition coefficient (Wildman–Crippen LogP) is 5.23. The molecule has 1 aromatic heterocycles. The van der Waals surface area contributed by atoms with Gasteiger partial charge in [0.2, 0.25) is 5.91 Å². The molecule has 0 aliphatic heterocycles. The zero-order chi connectivity index (χ0) is 20.1. The van der Waals surface area contributed by atoms with Crippen LogP contribution in [0, 0.1) is 13.8 Å². The Morgan fingerprint density at radius 3 is 2.64 bits per heavy atom. The molecule has 1 heterocycles. The number of methoxy groups -OCH3 is 1. The van der Waals surface area contributed by atoms with Crippen LogP contribution in [0.15, 0.2) is 46.3 Å². The Morgan fingerprint density at radius 1 is 1.21 bits per heavy atom. The molecule has 0 radical (unpaired) electrons. The maximum Gasteiger partial charge on any atom is 0.249 e. The van der Waals surface area contributed by atoms with Crippen molar-refractivity contribution < 1.29 is 9.53 Å². The minimum atomic E-state index is -0.104. The van der Waals surface area contributed by atoms with Crippen molar-refractivity contribution in [3.8, 4) is 0 Å². The van der Waals surface area contributed by atoms with Crippen molar-refractivity contribution in [2.45, 2.75) is 31.7 Å². The fourth-order valence-electron chi connectivity index (χ4n) is 2.76. The molecule has 0 aliphatic rings. The average Bonchev–Trinajstić information content (AvgIpc) is 2.98. The molecule has 0 spiro atoms. The van der Waals surface area contributed by atoms with E-state index in [0.29, 0.717) is 30.3 Å². The highest BCUT2D eigenvalue weighted by atomic mass is 35.5. The molecule has 0 saturated heterocycles. The standard InChI is InChI=1S/C21H23ClN2O2S2/c1-14-12-18-19(13-15(14)2)28-21(24(18)9-10-26-3)23-20(25)8-11-27-17-6-4-16(22)5-7-17/h4-7,12-13H,8-11H2,1-3H3. The van der Waals surface area contributed by atoms with Gasteiger partial charge in [0, 0.05) is 35.7 Å². The summed E-state index contributed by atoms with van der Waals surface area (Å²) in [5.74, 6) is 0.582. The molecule has 0 aliphatic carbocycles. The Hall–Kier alpha value is -1.60. The number of aryl methyl sites for hydroxylation is 2. The van der Waals surface area contributed by atoms with E-state index in [-0.39, 0.29) is 5.91 Å². The molecule has 0 saturated carbocycles. The molecule has 0 N–H and O–H groups in total. The van der Waals surface area contributed by atoms with E-state index in [2.05, 4.69) is 35.5 Å². The number of halogens is 1. The van der Waals surface area contributed by atoms with Crippen LogP contribution in [0.2, 0.25) is 5.02 Å². The SMILES string of the molecule is COCCn1c(=NC(=O)CCSc2ccc(Cl)cc2)sc2cc(C)c(C)cc21. The monoisotopic (exact) mass is 434 g/mol. The van der Waals surface area contributed by atoms with Crippen molar-refractivity contribution in [2.24, 2.45) is 4.99 Å². The van der Waals surface area contributed by atoms with Crippen LogP contribution in [0.3, 0.4) is 0 Å². The molecule has 3 rings (SSSR count). The van der Waals surface area contributed by atoms with Crippen LogP contribution >= 0.6 is 34.7 Å². The number of benzene rings is 2. The summed E-state index contributed by atoms with van der Waals surface area (Å²) in [5, 5.41) is 0.714. The number of rotatable bonds is 7. The van der Waals surface area contributed by atoms with Gasteiger partial charge in [0.05, 0.1) is 16.8 Å². The van der Waals surface area contributed by atoms with Crippen molar-refractivity contribution in [1.29, 1.82) is 0 Å². The molecule has 2 aromatic carbocycles. The zero-order valence-electron chi connectivity index (χ0n) is 16.2. The number of amides is 1. The quantitative estimate of drug-likeness (QED) is 0.478. The number of nitrogens with zero attached hydrogens (tertiary/aromatic N) is 2. The van der Waals surface area contributed by atoms with Gasteiger partial charge in [-0.3, -0.25) is 4.79 Å². The van der Waals surface area contributed by atoms with Crippen LogP contribution in [-0.2, 0) is 16.1 Å². The average molecular weight is 435 g/mol. The molecule has 148 valence electrons. The molecule has 28 heavy (non-hydrogen) atoms. The second kappa shape index (κ2) is 9.74. The van der Waals surface area contributed by atoms with Gasteiger partial charge in [0.15, 0.2) is 4.80 Å². The van der Waals surface area contributed by atoms with Crippen LogP contribution in [0.1, 0.15) is 17.5 Å². The number of hydrogen-bond acceptors (Lipinski definition) is 4. The second-order valence-electron chi connectivity index (χ2n) is 6.49. The number of fused-ring (bicyclic) bond motifs is 1. The highest BCUT2D eigenvalue weighted by Gasteiger charge is 2.10. The molecule has 7 heteroatoms. The number of ether oxygens (including phenoxy) is 1. The molecular weight excluding hydrogens is 412 g/mol. The van der Waals surface area contributed by atoms with Gasteiger partial charge in [-0.15, -0.1) is 11.8 Å². The highest BCUT2D eigenvalue weighted by Crippen LogP contribution is 2.23. The first-order chi connectivity index (χ1) is 13.5. The zero-order valence-corrected chi connectivity index (χ0v) is 18.6. The number of thiazole rings is 1. The van der Waals surface area contributed by atoms with Crippen molar-refractivity contribution in [3.63, 3.8) is 0 Å². The largest absolute Gasteiger partial charge is 0.383 e. The van der Waals surface area contributed by atoms with Crippen molar-refractivity contribution in [1.82, 2.24) is 4.57 Å². The lowest BCUT2D eigenvalue weighted by Gasteiger charge is -2.06. The smallest absolute Gasteiger partial charge is 0.249 e. The van der Waals surface area contributed by atoms with Crippen LogP contribution in [0.5, 0.6) is 0 Å². The Balaban J connectivity index is 1.79. The van der Waals surface area contributed by atoms with Gasteiger partial charge in [-0.1, -0.05) is 22.9 Å². The minimum Gasteiger partial charge on any atom is -0.383 e. The first-order valence-electron chi connectivity index (χ1n) is 9.03. The second-order valence-corrected chi connectivity index (χ2v) is 9.11. The Kier molecular flexibility index (Phi) is 7.35. The Morgan fingerprint density at radius 2 is 1.93 bits per heavy atom. The third-order valence-electron chi connectivity index (χ3n) is 4.44. The van der Waals surface area contributed by atoms with E-state index in [9.17, 15) is 4.79 Å². The van der Waals surface area contributed by atoms with E-state index < -0.39 is 0 Å². The van der Waals surface area contributed by atoms with Gasteiger partial charge in [0.1, 0.15) is 0 Å². The first-order valence-corrected chi connectivity index (χ1v) is 11.2. The van der Waals surface area contributed by atoms with Gasteiger partial charge in [0.25, 0.3) is 0 Å². The number of carbonyl (C=O) groups is 1.